The largest absolute Gasteiger partial charge is 0.399 e. The summed E-state index contributed by atoms with van der Waals surface area (Å²) in [5.41, 5.74) is 9.12. The molecule has 20 heavy (non-hydrogen) atoms. The number of fused-ring (bicyclic) bond motifs is 1. The van der Waals surface area contributed by atoms with Gasteiger partial charge in [0.2, 0.25) is 0 Å². The van der Waals surface area contributed by atoms with Gasteiger partial charge in [-0.05, 0) is 29.1 Å². The van der Waals surface area contributed by atoms with E-state index in [1.807, 2.05) is 18.2 Å². The first-order valence-corrected chi connectivity index (χ1v) is 6.77. The maximum absolute atomic E-state index is 5.85. The third-order valence-corrected chi connectivity index (χ3v) is 3.55. The summed E-state index contributed by atoms with van der Waals surface area (Å²) in [6, 6.07) is 22.9. The Morgan fingerprint density at radius 2 is 1.65 bits per heavy atom. The number of benzene rings is 3. The van der Waals surface area contributed by atoms with Crippen LogP contribution in [-0.4, -0.2) is 7.05 Å². The zero-order valence-electron chi connectivity index (χ0n) is 11.6. The molecule has 2 nitrogen and oxygen atoms in total. The van der Waals surface area contributed by atoms with Crippen LogP contribution in [-0.2, 0) is 6.54 Å². The Kier molecular flexibility index (Phi) is 3.30. The molecular weight excluding hydrogens is 244 g/mol. The fourth-order valence-electron chi connectivity index (χ4n) is 2.59. The number of hydrogen-bond donors (Lipinski definition) is 1. The van der Waals surface area contributed by atoms with E-state index in [4.69, 9.17) is 5.73 Å². The van der Waals surface area contributed by atoms with E-state index in [0.29, 0.717) is 0 Å². The van der Waals surface area contributed by atoms with Gasteiger partial charge >= 0.3 is 0 Å². The molecule has 0 saturated carbocycles. The third-order valence-electron chi connectivity index (χ3n) is 3.55. The minimum Gasteiger partial charge on any atom is -0.399 e. The van der Waals surface area contributed by atoms with E-state index in [0.717, 1.165) is 12.2 Å². The summed E-state index contributed by atoms with van der Waals surface area (Å²) in [5.74, 6) is 0. The van der Waals surface area contributed by atoms with Crippen LogP contribution >= 0.6 is 0 Å². The van der Waals surface area contributed by atoms with Gasteiger partial charge in [-0.15, -0.1) is 0 Å². The summed E-state index contributed by atoms with van der Waals surface area (Å²) in [6.07, 6.45) is 0. The second-order valence-corrected chi connectivity index (χ2v) is 5.10. The third kappa shape index (κ3) is 2.45. The first kappa shape index (κ1) is 12.5. The lowest BCUT2D eigenvalue weighted by atomic mass is 10.1. The van der Waals surface area contributed by atoms with Crippen LogP contribution in [0.5, 0.6) is 0 Å². The quantitative estimate of drug-likeness (QED) is 0.721. The molecule has 2 N–H and O–H groups in total. The molecule has 0 aromatic heterocycles. The number of nitrogen functional groups attached to an aromatic ring is 1. The van der Waals surface area contributed by atoms with Gasteiger partial charge in [0.1, 0.15) is 0 Å². The molecular formula is C18H18N2. The van der Waals surface area contributed by atoms with Gasteiger partial charge in [-0.3, -0.25) is 0 Å². The van der Waals surface area contributed by atoms with Crippen molar-refractivity contribution >= 4 is 22.1 Å². The number of nitrogens with two attached hydrogens (primary N) is 1. The van der Waals surface area contributed by atoms with Crippen molar-refractivity contribution in [3.8, 4) is 0 Å². The van der Waals surface area contributed by atoms with Gasteiger partial charge in [-0.25, -0.2) is 0 Å². The van der Waals surface area contributed by atoms with Crippen molar-refractivity contribution in [2.75, 3.05) is 17.7 Å². The summed E-state index contributed by atoms with van der Waals surface area (Å²) in [5, 5.41) is 2.55. The molecule has 0 aliphatic rings. The second kappa shape index (κ2) is 5.25. The van der Waals surface area contributed by atoms with Crippen LogP contribution < -0.4 is 10.6 Å². The fourth-order valence-corrected chi connectivity index (χ4v) is 2.59. The van der Waals surface area contributed by atoms with Crippen LogP contribution in [0.4, 0.5) is 11.4 Å². The zero-order valence-corrected chi connectivity index (χ0v) is 11.6. The average Bonchev–Trinajstić information content (AvgIpc) is 2.46. The lowest BCUT2D eigenvalue weighted by Gasteiger charge is -2.21. The first-order valence-electron chi connectivity index (χ1n) is 6.77. The molecule has 0 amide bonds. The van der Waals surface area contributed by atoms with Crippen LogP contribution in [0.15, 0.2) is 66.7 Å². The van der Waals surface area contributed by atoms with E-state index in [-0.39, 0.29) is 0 Å². The number of anilines is 2. The van der Waals surface area contributed by atoms with E-state index in [9.17, 15) is 0 Å². The Bertz CT molecular complexity index is 729. The highest BCUT2D eigenvalue weighted by atomic mass is 15.1. The van der Waals surface area contributed by atoms with E-state index in [2.05, 4.69) is 60.5 Å². The molecule has 0 saturated heterocycles. The van der Waals surface area contributed by atoms with Gasteiger partial charge in [0.25, 0.3) is 0 Å². The molecule has 0 spiro atoms. The van der Waals surface area contributed by atoms with Crippen LogP contribution in [0, 0.1) is 0 Å². The van der Waals surface area contributed by atoms with Crippen molar-refractivity contribution in [1.82, 2.24) is 0 Å². The molecule has 0 fully saturated rings. The lowest BCUT2D eigenvalue weighted by Crippen LogP contribution is -2.16. The smallest absolute Gasteiger partial charge is 0.0446 e. The summed E-state index contributed by atoms with van der Waals surface area (Å²) < 4.78 is 0. The zero-order chi connectivity index (χ0) is 13.9. The van der Waals surface area contributed by atoms with E-state index >= 15 is 0 Å². The van der Waals surface area contributed by atoms with E-state index in [1.54, 1.807) is 0 Å². The molecule has 0 atom stereocenters. The Labute approximate surface area is 119 Å². The topological polar surface area (TPSA) is 29.3 Å². The van der Waals surface area contributed by atoms with Crippen molar-refractivity contribution in [3.05, 3.63) is 72.3 Å². The molecule has 100 valence electrons. The molecule has 2 heteroatoms. The highest BCUT2D eigenvalue weighted by Crippen LogP contribution is 2.27. The van der Waals surface area contributed by atoms with Crippen molar-refractivity contribution < 1.29 is 0 Å². The van der Waals surface area contributed by atoms with Crippen LogP contribution in [0.2, 0.25) is 0 Å². The standard InChI is InChI=1S/C18H18N2/c1-20(13-14-6-4-9-16(19)12-14)18-11-5-8-15-7-2-3-10-17(15)18/h2-12H,13,19H2,1H3. The van der Waals surface area contributed by atoms with Gasteiger partial charge in [-0.2, -0.15) is 0 Å². The summed E-state index contributed by atoms with van der Waals surface area (Å²) >= 11 is 0. The minimum atomic E-state index is 0.814. The Morgan fingerprint density at radius 1 is 0.900 bits per heavy atom. The van der Waals surface area contributed by atoms with Gasteiger partial charge in [0, 0.05) is 30.4 Å². The van der Waals surface area contributed by atoms with Crippen molar-refractivity contribution in [3.63, 3.8) is 0 Å². The normalized spacial score (nSPS) is 10.7. The highest BCUT2D eigenvalue weighted by Gasteiger charge is 2.06. The van der Waals surface area contributed by atoms with Crippen molar-refractivity contribution in [2.45, 2.75) is 6.54 Å². The summed E-state index contributed by atoms with van der Waals surface area (Å²) in [4.78, 5) is 2.26. The minimum absolute atomic E-state index is 0.814. The Hall–Kier alpha value is -2.48. The maximum Gasteiger partial charge on any atom is 0.0446 e. The fraction of sp³-hybridized carbons (Fsp3) is 0.111. The predicted octanol–water partition coefficient (Wildman–Crippen LogP) is 4.06. The van der Waals surface area contributed by atoms with E-state index < -0.39 is 0 Å². The van der Waals surface area contributed by atoms with Gasteiger partial charge in [-0.1, -0.05) is 48.5 Å². The van der Waals surface area contributed by atoms with Gasteiger partial charge in [0.15, 0.2) is 0 Å². The van der Waals surface area contributed by atoms with Crippen molar-refractivity contribution in [1.29, 1.82) is 0 Å². The monoisotopic (exact) mass is 262 g/mol. The van der Waals surface area contributed by atoms with Crippen molar-refractivity contribution in [2.24, 2.45) is 0 Å². The molecule has 0 heterocycles. The molecule has 3 aromatic rings. The van der Waals surface area contributed by atoms with Crippen LogP contribution in [0.25, 0.3) is 10.8 Å². The maximum atomic E-state index is 5.85. The number of hydrogen-bond acceptors (Lipinski definition) is 2. The predicted molar refractivity (Wildman–Crippen MR) is 86.9 cm³/mol. The Morgan fingerprint density at radius 3 is 2.50 bits per heavy atom. The SMILES string of the molecule is CN(Cc1cccc(N)c1)c1cccc2ccccc12. The van der Waals surface area contributed by atoms with E-state index in [1.165, 1.54) is 22.0 Å². The van der Waals surface area contributed by atoms with Crippen LogP contribution in [0.1, 0.15) is 5.56 Å². The second-order valence-electron chi connectivity index (χ2n) is 5.10. The number of rotatable bonds is 3. The van der Waals surface area contributed by atoms with Gasteiger partial charge < -0.3 is 10.6 Å². The first-order chi connectivity index (χ1) is 9.74. The summed E-state index contributed by atoms with van der Waals surface area (Å²) in [7, 11) is 2.12. The number of nitrogens with zero attached hydrogens (tertiary/aromatic N) is 1. The molecule has 3 rings (SSSR count). The Balaban J connectivity index is 1.94. The van der Waals surface area contributed by atoms with Gasteiger partial charge in [0.05, 0.1) is 0 Å². The molecule has 3 aromatic carbocycles. The highest BCUT2D eigenvalue weighted by molar-refractivity contribution is 5.94. The molecule has 0 radical (unpaired) electrons. The molecule has 0 bridgehead atoms. The summed E-state index contributed by atoms with van der Waals surface area (Å²) in [6.45, 7) is 0.846. The average molecular weight is 262 g/mol. The lowest BCUT2D eigenvalue weighted by molar-refractivity contribution is 0.929. The molecule has 0 aliphatic heterocycles. The van der Waals surface area contributed by atoms with Crippen LogP contribution in [0.3, 0.4) is 0 Å². The molecule has 0 unspecified atom stereocenters. The molecule has 0 aliphatic carbocycles.